The van der Waals surface area contributed by atoms with E-state index < -0.39 is 6.04 Å². The van der Waals surface area contributed by atoms with E-state index in [4.69, 9.17) is 9.47 Å². The summed E-state index contributed by atoms with van der Waals surface area (Å²) in [6, 6.07) is 15.8. The summed E-state index contributed by atoms with van der Waals surface area (Å²) in [5, 5.41) is 19.3. The number of carbonyl (C=O) groups is 1. The number of H-pyrrole nitrogens is 1. The topological polar surface area (TPSA) is 96.5 Å². The predicted octanol–water partition coefficient (Wildman–Crippen LogP) is 2.56. The predicted molar refractivity (Wildman–Crippen MR) is 101 cm³/mol. The Balaban J connectivity index is 1.80. The van der Waals surface area contributed by atoms with Gasteiger partial charge in [0.15, 0.2) is 0 Å². The standard InChI is InChI=1S/C20H21N3O4/c1-26-14-8-9-15(19(10-14)27-2)16-11-17(23-22-16)20(25)21-18(12-24)13-6-4-3-5-7-13/h3-11,18,24H,12H2,1-2H3,(H,21,25)(H,22,23)/t18-/m0/s1. The SMILES string of the molecule is COc1ccc(-c2cc(C(=O)N[C@@H](CO)c3ccccc3)[nH]n2)c(OC)c1. The monoisotopic (exact) mass is 367 g/mol. The highest BCUT2D eigenvalue weighted by Gasteiger charge is 2.18. The number of aliphatic hydroxyl groups is 1. The molecule has 0 unspecified atom stereocenters. The lowest BCUT2D eigenvalue weighted by molar-refractivity contribution is 0.0911. The van der Waals surface area contributed by atoms with E-state index in [-0.39, 0.29) is 18.2 Å². The van der Waals surface area contributed by atoms with Crippen molar-refractivity contribution in [1.82, 2.24) is 15.5 Å². The van der Waals surface area contributed by atoms with Gasteiger partial charge in [0.25, 0.3) is 5.91 Å². The quantitative estimate of drug-likeness (QED) is 0.596. The van der Waals surface area contributed by atoms with Crippen molar-refractivity contribution < 1.29 is 19.4 Å². The van der Waals surface area contributed by atoms with Gasteiger partial charge in [-0.15, -0.1) is 0 Å². The van der Waals surface area contributed by atoms with Crippen molar-refractivity contribution in [3.8, 4) is 22.8 Å². The van der Waals surface area contributed by atoms with E-state index >= 15 is 0 Å². The van der Waals surface area contributed by atoms with Gasteiger partial charge < -0.3 is 19.9 Å². The molecular weight excluding hydrogens is 346 g/mol. The summed E-state index contributed by atoms with van der Waals surface area (Å²) in [6.45, 7) is -0.205. The Kier molecular flexibility index (Phi) is 5.73. The lowest BCUT2D eigenvalue weighted by atomic mass is 10.1. The second-order valence-electron chi connectivity index (χ2n) is 5.85. The number of aromatic amines is 1. The normalized spacial score (nSPS) is 11.7. The van der Waals surface area contributed by atoms with Gasteiger partial charge in [-0.3, -0.25) is 9.89 Å². The van der Waals surface area contributed by atoms with Crippen LogP contribution >= 0.6 is 0 Å². The summed E-state index contributed by atoms with van der Waals surface area (Å²) in [4.78, 5) is 12.5. The molecule has 2 aromatic carbocycles. The number of nitrogens with one attached hydrogen (secondary N) is 2. The Morgan fingerprint density at radius 1 is 1.15 bits per heavy atom. The molecule has 0 saturated heterocycles. The van der Waals surface area contributed by atoms with Crippen LogP contribution in [0, 0.1) is 0 Å². The van der Waals surface area contributed by atoms with Crippen LogP contribution in [-0.4, -0.2) is 42.0 Å². The van der Waals surface area contributed by atoms with Gasteiger partial charge >= 0.3 is 0 Å². The van der Waals surface area contributed by atoms with Crippen LogP contribution in [0.4, 0.5) is 0 Å². The fraction of sp³-hybridized carbons (Fsp3) is 0.200. The Bertz CT molecular complexity index is 909. The number of rotatable bonds is 7. The van der Waals surface area contributed by atoms with Crippen LogP contribution in [-0.2, 0) is 0 Å². The fourth-order valence-electron chi connectivity index (χ4n) is 2.74. The minimum Gasteiger partial charge on any atom is -0.497 e. The molecule has 1 aromatic heterocycles. The van der Waals surface area contributed by atoms with E-state index in [1.54, 1.807) is 32.4 Å². The van der Waals surface area contributed by atoms with Crippen LogP contribution in [0.1, 0.15) is 22.1 Å². The molecule has 7 nitrogen and oxygen atoms in total. The molecule has 0 bridgehead atoms. The van der Waals surface area contributed by atoms with Crippen LogP contribution in [0.15, 0.2) is 54.6 Å². The minimum atomic E-state index is -0.499. The molecule has 7 heteroatoms. The van der Waals surface area contributed by atoms with E-state index in [0.717, 1.165) is 11.1 Å². The van der Waals surface area contributed by atoms with E-state index in [1.165, 1.54) is 0 Å². The number of carbonyl (C=O) groups excluding carboxylic acids is 1. The van der Waals surface area contributed by atoms with Gasteiger partial charge in [0.05, 0.1) is 32.6 Å². The van der Waals surface area contributed by atoms with E-state index in [2.05, 4.69) is 15.5 Å². The summed E-state index contributed by atoms with van der Waals surface area (Å²) in [5.41, 5.74) is 2.41. The molecule has 1 amide bonds. The summed E-state index contributed by atoms with van der Waals surface area (Å²) in [5.74, 6) is 0.896. The second-order valence-corrected chi connectivity index (χ2v) is 5.85. The zero-order chi connectivity index (χ0) is 19.2. The number of amides is 1. The van der Waals surface area contributed by atoms with Crippen LogP contribution in [0.2, 0.25) is 0 Å². The van der Waals surface area contributed by atoms with Crippen LogP contribution in [0.5, 0.6) is 11.5 Å². The largest absolute Gasteiger partial charge is 0.497 e. The maximum atomic E-state index is 12.5. The maximum Gasteiger partial charge on any atom is 0.269 e. The Labute approximate surface area is 157 Å². The zero-order valence-electron chi connectivity index (χ0n) is 15.1. The molecule has 140 valence electrons. The molecule has 0 aliphatic rings. The molecule has 0 radical (unpaired) electrons. The van der Waals surface area contributed by atoms with Crippen molar-refractivity contribution in [3.05, 3.63) is 65.9 Å². The van der Waals surface area contributed by atoms with Gasteiger partial charge in [-0.1, -0.05) is 30.3 Å². The first-order valence-electron chi connectivity index (χ1n) is 8.40. The molecule has 0 fully saturated rings. The van der Waals surface area contributed by atoms with Gasteiger partial charge in [-0.05, 0) is 23.8 Å². The lowest BCUT2D eigenvalue weighted by Gasteiger charge is -2.15. The number of hydrogen-bond donors (Lipinski definition) is 3. The van der Waals surface area contributed by atoms with Crippen LogP contribution < -0.4 is 14.8 Å². The van der Waals surface area contributed by atoms with E-state index in [0.29, 0.717) is 17.2 Å². The van der Waals surface area contributed by atoms with Gasteiger partial charge in [0.2, 0.25) is 0 Å². The number of aromatic nitrogens is 2. The highest BCUT2D eigenvalue weighted by atomic mass is 16.5. The van der Waals surface area contributed by atoms with Gasteiger partial charge in [-0.25, -0.2) is 0 Å². The number of methoxy groups -OCH3 is 2. The summed E-state index contributed by atoms with van der Waals surface area (Å²) < 4.78 is 10.6. The maximum absolute atomic E-state index is 12.5. The lowest BCUT2D eigenvalue weighted by Crippen LogP contribution is -2.31. The first-order chi connectivity index (χ1) is 13.2. The Morgan fingerprint density at radius 2 is 1.93 bits per heavy atom. The van der Waals surface area contributed by atoms with Gasteiger partial charge in [-0.2, -0.15) is 5.10 Å². The molecule has 0 saturated carbocycles. The zero-order valence-corrected chi connectivity index (χ0v) is 15.1. The molecule has 3 N–H and O–H groups in total. The average molecular weight is 367 g/mol. The fourth-order valence-corrected chi connectivity index (χ4v) is 2.74. The first-order valence-corrected chi connectivity index (χ1v) is 8.40. The molecular formula is C20H21N3O4. The Hall–Kier alpha value is -3.32. The highest BCUT2D eigenvalue weighted by Crippen LogP contribution is 2.32. The molecule has 0 aliphatic heterocycles. The number of nitrogens with zero attached hydrogens (tertiary/aromatic N) is 1. The number of ether oxygens (including phenoxy) is 2. The smallest absolute Gasteiger partial charge is 0.269 e. The van der Waals surface area contributed by atoms with Crippen molar-refractivity contribution in [1.29, 1.82) is 0 Å². The summed E-state index contributed by atoms with van der Waals surface area (Å²) in [6.07, 6.45) is 0. The third kappa shape index (κ3) is 4.09. The van der Waals surface area contributed by atoms with Crippen molar-refractivity contribution in [2.24, 2.45) is 0 Å². The van der Waals surface area contributed by atoms with Crippen molar-refractivity contribution in [3.63, 3.8) is 0 Å². The molecule has 1 heterocycles. The molecule has 3 aromatic rings. The van der Waals surface area contributed by atoms with Crippen LogP contribution in [0.3, 0.4) is 0 Å². The summed E-state index contributed by atoms with van der Waals surface area (Å²) >= 11 is 0. The molecule has 0 spiro atoms. The molecule has 1 atom stereocenters. The number of benzene rings is 2. The number of aliphatic hydroxyl groups excluding tert-OH is 1. The summed E-state index contributed by atoms with van der Waals surface area (Å²) in [7, 11) is 3.14. The highest BCUT2D eigenvalue weighted by molar-refractivity contribution is 5.93. The second kappa shape index (κ2) is 8.37. The van der Waals surface area contributed by atoms with Gasteiger partial charge in [0.1, 0.15) is 17.2 Å². The average Bonchev–Trinajstić information content (AvgIpc) is 3.22. The minimum absolute atomic E-state index is 0.205. The van der Waals surface area contributed by atoms with Crippen LogP contribution in [0.25, 0.3) is 11.3 Å². The van der Waals surface area contributed by atoms with Crippen molar-refractivity contribution >= 4 is 5.91 Å². The molecule has 3 rings (SSSR count). The number of hydrogen-bond acceptors (Lipinski definition) is 5. The van der Waals surface area contributed by atoms with E-state index in [9.17, 15) is 9.90 Å². The van der Waals surface area contributed by atoms with Gasteiger partial charge in [0, 0.05) is 11.6 Å². The molecule has 27 heavy (non-hydrogen) atoms. The van der Waals surface area contributed by atoms with Crippen molar-refractivity contribution in [2.75, 3.05) is 20.8 Å². The third-order valence-corrected chi connectivity index (χ3v) is 4.20. The first kappa shape index (κ1) is 18.5. The Morgan fingerprint density at radius 3 is 2.59 bits per heavy atom. The third-order valence-electron chi connectivity index (χ3n) is 4.20. The molecule has 0 aliphatic carbocycles. The van der Waals surface area contributed by atoms with E-state index in [1.807, 2.05) is 36.4 Å². The van der Waals surface area contributed by atoms with Crippen molar-refractivity contribution in [2.45, 2.75) is 6.04 Å².